The van der Waals surface area contributed by atoms with Crippen molar-refractivity contribution in [1.29, 1.82) is 0 Å². The number of hydrogen-bond donors (Lipinski definition) is 0. The van der Waals surface area contributed by atoms with E-state index in [4.69, 9.17) is 16.3 Å². The van der Waals surface area contributed by atoms with Gasteiger partial charge in [0.25, 0.3) is 0 Å². The molecule has 3 nitrogen and oxygen atoms in total. The molecule has 1 atom stereocenters. The third kappa shape index (κ3) is 2.51. The van der Waals surface area contributed by atoms with Gasteiger partial charge >= 0.3 is 0 Å². The number of alkyl halides is 1. The lowest BCUT2D eigenvalue weighted by Gasteiger charge is -2.08. The van der Waals surface area contributed by atoms with Crippen LogP contribution in [0.3, 0.4) is 0 Å². The van der Waals surface area contributed by atoms with Crippen LogP contribution in [-0.4, -0.2) is 29.7 Å². The molecular weight excluding hydrogens is 192 g/mol. The number of rotatable bonds is 5. The summed E-state index contributed by atoms with van der Waals surface area (Å²) in [7, 11) is 1.45. The van der Waals surface area contributed by atoms with Crippen molar-refractivity contribution < 1.29 is 14.3 Å². The molecule has 0 amide bonds. The van der Waals surface area contributed by atoms with E-state index in [1.54, 1.807) is 6.92 Å². The number of carbonyl (C=O) groups is 2. The van der Waals surface area contributed by atoms with Crippen LogP contribution >= 0.6 is 11.6 Å². The molecule has 1 saturated carbocycles. The number of Topliss-reactive ketones (excluding diaryl/α,β-unsaturated/α-hetero) is 2. The zero-order valence-corrected chi connectivity index (χ0v) is 8.56. The van der Waals surface area contributed by atoms with Crippen LogP contribution in [0.1, 0.15) is 26.2 Å². The van der Waals surface area contributed by atoms with Gasteiger partial charge < -0.3 is 4.74 Å². The zero-order valence-electron chi connectivity index (χ0n) is 7.80. The van der Waals surface area contributed by atoms with Crippen molar-refractivity contribution in [3.63, 3.8) is 0 Å². The number of carbonyl (C=O) groups excluding carboxylic acids is 2. The van der Waals surface area contributed by atoms with Crippen LogP contribution in [0.4, 0.5) is 0 Å². The van der Waals surface area contributed by atoms with E-state index in [1.807, 2.05) is 0 Å². The van der Waals surface area contributed by atoms with Crippen molar-refractivity contribution in [2.24, 2.45) is 0 Å². The molecule has 0 bridgehead atoms. The van der Waals surface area contributed by atoms with Gasteiger partial charge in [-0.15, -0.1) is 11.6 Å². The molecule has 1 rings (SSSR count). The number of hydrogen-bond acceptors (Lipinski definition) is 3. The average Bonchev–Trinajstić information content (AvgIpc) is 2.83. The minimum atomic E-state index is -0.719. The molecule has 74 valence electrons. The van der Waals surface area contributed by atoms with E-state index in [1.165, 1.54) is 7.11 Å². The highest BCUT2D eigenvalue weighted by molar-refractivity contribution is 6.38. The van der Waals surface area contributed by atoms with Crippen molar-refractivity contribution in [3.8, 4) is 0 Å². The van der Waals surface area contributed by atoms with Crippen molar-refractivity contribution in [2.45, 2.75) is 37.2 Å². The molecule has 0 radical (unpaired) electrons. The Kier molecular flexibility index (Phi) is 3.09. The normalized spacial score (nSPS) is 20.8. The van der Waals surface area contributed by atoms with E-state index >= 15 is 0 Å². The van der Waals surface area contributed by atoms with Crippen LogP contribution in [-0.2, 0) is 14.3 Å². The van der Waals surface area contributed by atoms with Gasteiger partial charge in [-0.25, -0.2) is 0 Å². The second-order valence-electron chi connectivity index (χ2n) is 3.41. The first kappa shape index (κ1) is 10.7. The molecule has 0 aromatic carbocycles. The summed E-state index contributed by atoms with van der Waals surface area (Å²) in [5.74, 6) is -0.359. The van der Waals surface area contributed by atoms with Gasteiger partial charge in [-0.3, -0.25) is 9.59 Å². The summed E-state index contributed by atoms with van der Waals surface area (Å²) in [6, 6.07) is 0. The fraction of sp³-hybridized carbons (Fsp3) is 0.778. The third-order valence-electron chi connectivity index (χ3n) is 2.33. The van der Waals surface area contributed by atoms with Gasteiger partial charge in [-0.2, -0.15) is 0 Å². The molecule has 0 spiro atoms. The van der Waals surface area contributed by atoms with Crippen molar-refractivity contribution >= 4 is 23.2 Å². The highest BCUT2D eigenvalue weighted by Crippen LogP contribution is 2.44. The second-order valence-corrected chi connectivity index (χ2v) is 4.13. The van der Waals surface area contributed by atoms with Gasteiger partial charge in [-0.1, -0.05) is 0 Å². The van der Waals surface area contributed by atoms with Gasteiger partial charge in [0.05, 0.1) is 6.42 Å². The Balaban J connectivity index is 2.40. The van der Waals surface area contributed by atoms with Crippen molar-refractivity contribution in [1.82, 2.24) is 0 Å². The van der Waals surface area contributed by atoms with Gasteiger partial charge in [0.1, 0.15) is 11.0 Å². The number of methoxy groups -OCH3 is 1. The fourth-order valence-corrected chi connectivity index (χ4v) is 1.14. The fourth-order valence-electron chi connectivity index (χ4n) is 0.980. The zero-order chi connectivity index (χ0) is 10.1. The van der Waals surface area contributed by atoms with Crippen LogP contribution in [0, 0.1) is 0 Å². The summed E-state index contributed by atoms with van der Waals surface area (Å²) in [5, 5.41) is 0. The van der Waals surface area contributed by atoms with Gasteiger partial charge in [0, 0.05) is 7.11 Å². The minimum Gasteiger partial charge on any atom is -0.374 e. The molecule has 0 saturated heterocycles. The van der Waals surface area contributed by atoms with Crippen LogP contribution in [0.25, 0.3) is 0 Å². The van der Waals surface area contributed by atoms with Crippen LogP contribution in [0.2, 0.25) is 0 Å². The molecule has 1 fully saturated rings. The molecule has 1 aliphatic carbocycles. The molecule has 13 heavy (non-hydrogen) atoms. The number of ketones is 2. The van der Waals surface area contributed by atoms with E-state index in [0.717, 1.165) is 0 Å². The van der Waals surface area contributed by atoms with Crippen LogP contribution in [0.5, 0.6) is 0 Å². The van der Waals surface area contributed by atoms with E-state index in [-0.39, 0.29) is 18.0 Å². The Bertz CT molecular complexity index is 233. The standard InChI is InChI=1S/C9H13ClO3/c1-6(13-2)7(11)5-8(12)9(10)3-4-9/h6H,3-5H2,1-2H3. The first-order chi connectivity index (χ1) is 5.99. The lowest BCUT2D eigenvalue weighted by atomic mass is 10.1. The largest absolute Gasteiger partial charge is 0.374 e. The molecule has 1 unspecified atom stereocenters. The first-order valence-corrected chi connectivity index (χ1v) is 4.65. The maximum Gasteiger partial charge on any atom is 0.168 e. The van der Waals surface area contributed by atoms with Crippen molar-refractivity contribution in [3.05, 3.63) is 0 Å². The summed E-state index contributed by atoms with van der Waals surface area (Å²) in [6.45, 7) is 1.63. The summed E-state index contributed by atoms with van der Waals surface area (Å²) in [4.78, 5) is 21.9. The lowest BCUT2D eigenvalue weighted by Crippen LogP contribution is -2.26. The van der Waals surface area contributed by atoms with E-state index in [0.29, 0.717) is 12.8 Å². The predicted molar refractivity (Wildman–Crippen MR) is 48.9 cm³/mol. The molecule has 0 heterocycles. The smallest absolute Gasteiger partial charge is 0.168 e. The Morgan fingerprint density at radius 3 is 2.46 bits per heavy atom. The maximum atomic E-state index is 11.3. The quantitative estimate of drug-likeness (QED) is 0.501. The highest BCUT2D eigenvalue weighted by Gasteiger charge is 2.48. The Morgan fingerprint density at radius 2 is 2.08 bits per heavy atom. The third-order valence-corrected chi connectivity index (χ3v) is 2.92. The van der Waals surface area contributed by atoms with Crippen molar-refractivity contribution in [2.75, 3.05) is 7.11 Å². The summed E-state index contributed by atoms with van der Waals surface area (Å²) in [6.07, 6.45) is 0.783. The Labute approximate surface area is 82.4 Å². The SMILES string of the molecule is COC(C)C(=O)CC(=O)C1(Cl)CC1. The molecule has 0 N–H and O–H groups in total. The topological polar surface area (TPSA) is 43.4 Å². The van der Waals surface area contributed by atoms with E-state index in [9.17, 15) is 9.59 Å². The summed E-state index contributed by atoms with van der Waals surface area (Å²) in [5.41, 5.74) is 0. The monoisotopic (exact) mass is 204 g/mol. The highest BCUT2D eigenvalue weighted by atomic mass is 35.5. The molecule has 1 aliphatic rings. The molecule has 0 aromatic rings. The van der Waals surface area contributed by atoms with Gasteiger partial charge in [0.15, 0.2) is 11.6 Å². The van der Waals surface area contributed by atoms with E-state index in [2.05, 4.69) is 0 Å². The maximum absolute atomic E-state index is 11.3. The minimum absolute atomic E-state index is 0.0987. The summed E-state index contributed by atoms with van der Waals surface area (Å²) < 4.78 is 4.80. The Hall–Kier alpha value is -0.410. The molecule has 0 aliphatic heterocycles. The lowest BCUT2D eigenvalue weighted by molar-refractivity contribution is -0.132. The number of ether oxygens (including phenoxy) is 1. The second kappa shape index (κ2) is 3.76. The summed E-state index contributed by atoms with van der Waals surface area (Å²) >= 11 is 5.84. The average molecular weight is 205 g/mol. The Morgan fingerprint density at radius 1 is 1.54 bits per heavy atom. The first-order valence-electron chi connectivity index (χ1n) is 4.27. The molecule has 0 aromatic heterocycles. The molecular formula is C9H13ClO3. The molecule has 4 heteroatoms. The van der Waals surface area contributed by atoms with Crippen LogP contribution in [0.15, 0.2) is 0 Å². The van der Waals surface area contributed by atoms with Crippen LogP contribution < -0.4 is 0 Å². The van der Waals surface area contributed by atoms with E-state index < -0.39 is 11.0 Å². The van der Waals surface area contributed by atoms with Gasteiger partial charge in [0.2, 0.25) is 0 Å². The predicted octanol–water partition coefficient (Wildman–Crippen LogP) is 1.32. The number of halogens is 1. The van der Waals surface area contributed by atoms with Gasteiger partial charge in [-0.05, 0) is 19.8 Å².